The molecule has 0 saturated heterocycles. The molecule has 0 saturated carbocycles. The molecule has 3 rings (SSSR count). The second-order valence-corrected chi connectivity index (χ2v) is 5.41. The smallest absolute Gasteiger partial charge is 0.262 e. The molecule has 0 unspecified atom stereocenters. The number of rotatable bonds is 5. The predicted molar refractivity (Wildman–Crippen MR) is 91.3 cm³/mol. The molecule has 2 amide bonds. The van der Waals surface area contributed by atoms with Gasteiger partial charge < -0.3 is 24.8 Å². The Bertz CT molecular complexity index is 819. The molecule has 1 aliphatic heterocycles. The van der Waals surface area contributed by atoms with E-state index in [1.807, 2.05) is 6.07 Å². The van der Waals surface area contributed by atoms with Crippen LogP contribution < -0.4 is 24.8 Å². The van der Waals surface area contributed by atoms with E-state index in [1.165, 1.54) is 0 Å². The standard InChI is InChI=1S/C18H18N2O5/c1-23-13-4-6-15(24-2)12(7-13)9-19-18(22)11-3-5-14-16(8-11)25-10-17(21)20-14/h3-8H,9-10H2,1-2H3,(H,19,22)(H,20,21). The zero-order chi connectivity index (χ0) is 17.8. The highest BCUT2D eigenvalue weighted by Gasteiger charge is 2.18. The van der Waals surface area contributed by atoms with Gasteiger partial charge in [-0.1, -0.05) is 0 Å². The van der Waals surface area contributed by atoms with E-state index in [9.17, 15) is 9.59 Å². The molecule has 0 atom stereocenters. The minimum Gasteiger partial charge on any atom is -0.497 e. The molecular weight excluding hydrogens is 324 g/mol. The Labute approximate surface area is 144 Å². The van der Waals surface area contributed by atoms with E-state index in [0.717, 1.165) is 5.56 Å². The van der Waals surface area contributed by atoms with Crippen LogP contribution in [0.4, 0.5) is 5.69 Å². The van der Waals surface area contributed by atoms with Crippen molar-refractivity contribution in [3.8, 4) is 17.2 Å². The molecule has 7 heteroatoms. The summed E-state index contributed by atoms with van der Waals surface area (Å²) >= 11 is 0. The first-order valence-corrected chi connectivity index (χ1v) is 7.66. The molecule has 0 spiro atoms. The average molecular weight is 342 g/mol. The third kappa shape index (κ3) is 3.65. The third-order valence-corrected chi connectivity index (χ3v) is 3.80. The van der Waals surface area contributed by atoms with Gasteiger partial charge in [0, 0.05) is 17.7 Å². The lowest BCUT2D eigenvalue weighted by Crippen LogP contribution is -2.26. The predicted octanol–water partition coefficient (Wildman–Crippen LogP) is 1.96. The summed E-state index contributed by atoms with van der Waals surface area (Å²) in [6, 6.07) is 10.3. The van der Waals surface area contributed by atoms with Gasteiger partial charge in [0.15, 0.2) is 6.61 Å². The van der Waals surface area contributed by atoms with E-state index < -0.39 is 0 Å². The number of methoxy groups -OCH3 is 2. The highest BCUT2D eigenvalue weighted by Crippen LogP contribution is 2.28. The average Bonchev–Trinajstić information content (AvgIpc) is 2.65. The maximum Gasteiger partial charge on any atom is 0.262 e. The van der Waals surface area contributed by atoms with Crippen molar-refractivity contribution in [2.45, 2.75) is 6.54 Å². The van der Waals surface area contributed by atoms with Crippen LogP contribution in [0, 0.1) is 0 Å². The van der Waals surface area contributed by atoms with Gasteiger partial charge in [-0.25, -0.2) is 0 Å². The molecule has 2 aromatic carbocycles. The van der Waals surface area contributed by atoms with Gasteiger partial charge >= 0.3 is 0 Å². The first-order chi connectivity index (χ1) is 12.1. The molecule has 130 valence electrons. The minimum atomic E-state index is -0.256. The Balaban J connectivity index is 1.72. The van der Waals surface area contributed by atoms with Crippen LogP contribution in [0.5, 0.6) is 17.2 Å². The van der Waals surface area contributed by atoms with Crippen LogP contribution >= 0.6 is 0 Å². The third-order valence-electron chi connectivity index (χ3n) is 3.80. The van der Waals surface area contributed by atoms with Crippen molar-refractivity contribution in [2.24, 2.45) is 0 Å². The quantitative estimate of drug-likeness (QED) is 0.868. The Morgan fingerprint density at radius 2 is 2.04 bits per heavy atom. The number of nitrogens with one attached hydrogen (secondary N) is 2. The number of anilines is 1. The number of carbonyl (C=O) groups is 2. The summed E-state index contributed by atoms with van der Waals surface area (Å²) < 4.78 is 15.8. The second-order valence-electron chi connectivity index (χ2n) is 5.41. The maximum absolute atomic E-state index is 12.4. The Morgan fingerprint density at radius 1 is 1.20 bits per heavy atom. The fraction of sp³-hybridized carbons (Fsp3) is 0.222. The number of carbonyl (C=O) groups excluding carboxylic acids is 2. The molecule has 0 radical (unpaired) electrons. The normalized spacial score (nSPS) is 12.5. The SMILES string of the molecule is COc1ccc(OC)c(CNC(=O)c2ccc3c(c2)OCC(=O)N3)c1. The van der Waals surface area contributed by atoms with Gasteiger partial charge in [0.1, 0.15) is 17.2 Å². The summed E-state index contributed by atoms with van der Waals surface area (Å²) in [5, 5.41) is 5.52. The van der Waals surface area contributed by atoms with Crippen molar-refractivity contribution in [3.63, 3.8) is 0 Å². The lowest BCUT2D eigenvalue weighted by molar-refractivity contribution is -0.118. The van der Waals surface area contributed by atoms with Crippen molar-refractivity contribution in [1.29, 1.82) is 0 Å². The fourth-order valence-corrected chi connectivity index (χ4v) is 2.51. The first-order valence-electron chi connectivity index (χ1n) is 7.66. The Morgan fingerprint density at radius 3 is 2.80 bits per heavy atom. The van der Waals surface area contributed by atoms with Crippen LogP contribution in [-0.2, 0) is 11.3 Å². The van der Waals surface area contributed by atoms with Crippen molar-refractivity contribution in [3.05, 3.63) is 47.5 Å². The van der Waals surface area contributed by atoms with Crippen LogP contribution in [0.2, 0.25) is 0 Å². The van der Waals surface area contributed by atoms with Crippen LogP contribution in [-0.4, -0.2) is 32.6 Å². The number of amides is 2. The highest BCUT2D eigenvalue weighted by atomic mass is 16.5. The van der Waals surface area contributed by atoms with Crippen molar-refractivity contribution in [1.82, 2.24) is 5.32 Å². The van der Waals surface area contributed by atoms with Gasteiger partial charge in [0.25, 0.3) is 11.8 Å². The van der Waals surface area contributed by atoms with Gasteiger partial charge in [0.05, 0.1) is 19.9 Å². The molecule has 0 fully saturated rings. The van der Waals surface area contributed by atoms with Gasteiger partial charge in [0.2, 0.25) is 0 Å². The molecule has 0 aromatic heterocycles. The second kappa shape index (κ2) is 7.12. The van der Waals surface area contributed by atoms with Crippen molar-refractivity contribution >= 4 is 17.5 Å². The summed E-state index contributed by atoms with van der Waals surface area (Å²) in [5.74, 6) is 1.36. The minimum absolute atomic E-state index is 0.0565. The van der Waals surface area contributed by atoms with Gasteiger partial charge in [-0.05, 0) is 36.4 Å². The largest absolute Gasteiger partial charge is 0.497 e. The first kappa shape index (κ1) is 16.6. The number of ether oxygens (including phenoxy) is 3. The summed E-state index contributed by atoms with van der Waals surface area (Å²) in [7, 11) is 3.15. The fourth-order valence-electron chi connectivity index (χ4n) is 2.51. The number of benzene rings is 2. The Kier molecular flexibility index (Phi) is 4.74. The lowest BCUT2D eigenvalue weighted by Gasteiger charge is -2.18. The molecule has 25 heavy (non-hydrogen) atoms. The number of fused-ring (bicyclic) bond motifs is 1. The van der Waals surface area contributed by atoms with Crippen LogP contribution in [0.25, 0.3) is 0 Å². The summed E-state index contributed by atoms with van der Waals surface area (Å²) in [5.41, 5.74) is 1.80. The molecule has 0 bridgehead atoms. The molecule has 7 nitrogen and oxygen atoms in total. The number of hydrogen-bond acceptors (Lipinski definition) is 5. The zero-order valence-electron chi connectivity index (χ0n) is 13.9. The monoisotopic (exact) mass is 342 g/mol. The van der Waals surface area contributed by atoms with Crippen LogP contribution in [0.3, 0.4) is 0 Å². The van der Waals surface area contributed by atoms with Crippen molar-refractivity contribution < 1.29 is 23.8 Å². The molecular formula is C18H18N2O5. The summed E-state index contributed by atoms with van der Waals surface area (Å²) in [4.78, 5) is 23.7. The van der Waals surface area contributed by atoms with E-state index in [0.29, 0.717) is 28.5 Å². The zero-order valence-corrected chi connectivity index (χ0v) is 13.9. The molecule has 2 aromatic rings. The van der Waals surface area contributed by atoms with E-state index in [1.54, 1.807) is 44.6 Å². The molecule has 1 aliphatic rings. The Hall–Kier alpha value is -3.22. The topological polar surface area (TPSA) is 85.9 Å². The van der Waals surface area contributed by atoms with Crippen molar-refractivity contribution in [2.75, 3.05) is 26.1 Å². The van der Waals surface area contributed by atoms with E-state index >= 15 is 0 Å². The van der Waals surface area contributed by atoms with E-state index in [4.69, 9.17) is 14.2 Å². The van der Waals surface area contributed by atoms with Gasteiger partial charge in [-0.15, -0.1) is 0 Å². The van der Waals surface area contributed by atoms with Gasteiger partial charge in [-0.2, -0.15) is 0 Å². The summed E-state index contributed by atoms with van der Waals surface area (Å²) in [6.45, 7) is 0.229. The highest BCUT2D eigenvalue weighted by molar-refractivity contribution is 5.99. The molecule has 2 N–H and O–H groups in total. The molecule has 0 aliphatic carbocycles. The van der Waals surface area contributed by atoms with E-state index in [2.05, 4.69) is 10.6 Å². The van der Waals surface area contributed by atoms with E-state index in [-0.39, 0.29) is 25.0 Å². The number of hydrogen-bond donors (Lipinski definition) is 2. The maximum atomic E-state index is 12.4. The summed E-state index contributed by atoms with van der Waals surface area (Å²) in [6.07, 6.45) is 0. The van der Waals surface area contributed by atoms with Crippen LogP contribution in [0.15, 0.2) is 36.4 Å². The van der Waals surface area contributed by atoms with Gasteiger partial charge in [-0.3, -0.25) is 9.59 Å². The van der Waals surface area contributed by atoms with Crippen LogP contribution in [0.1, 0.15) is 15.9 Å². The molecule has 1 heterocycles. The lowest BCUT2D eigenvalue weighted by atomic mass is 10.1.